The van der Waals surface area contributed by atoms with E-state index >= 15 is 0 Å². The molecule has 1 aliphatic rings. The molecule has 0 aromatic heterocycles. The first-order valence-electron chi connectivity index (χ1n) is 4.46. The smallest absolute Gasteiger partial charge is 0.351 e. The Labute approximate surface area is 89.4 Å². The fraction of sp³-hybridized carbons (Fsp3) is 0.300. The number of benzene rings is 1. The predicted octanol–water partition coefficient (Wildman–Crippen LogP) is 1.58. The van der Waals surface area contributed by atoms with E-state index in [2.05, 4.69) is 0 Å². The van der Waals surface area contributed by atoms with E-state index in [4.69, 9.17) is 14.6 Å². The second-order valence-electron chi connectivity index (χ2n) is 3.64. The number of hydrogen-bond donors (Lipinski definition) is 1. The fourth-order valence-electron chi connectivity index (χ4n) is 1.30. The molecule has 0 fully saturated rings. The fourth-order valence-corrected chi connectivity index (χ4v) is 1.30. The zero-order chi connectivity index (χ0) is 11.9. The maximum absolute atomic E-state index is 12.9. The Hall–Kier alpha value is -1.85. The molecule has 1 atom stereocenters. The number of ether oxygens (including phenoxy) is 2. The average Bonchev–Trinajstić information content (AvgIpc) is 2.20. The molecule has 0 saturated carbocycles. The van der Waals surface area contributed by atoms with Gasteiger partial charge in [0.25, 0.3) is 0 Å². The second-order valence-corrected chi connectivity index (χ2v) is 3.64. The summed E-state index contributed by atoms with van der Waals surface area (Å²) in [5.74, 6) is -3.53. The molecule has 0 spiro atoms. The lowest BCUT2D eigenvalue weighted by Gasteiger charge is -2.31. The summed E-state index contributed by atoms with van der Waals surface area (Å²) in [5, 5.41) is 8.87. The van der Waals surface area contributed by atoms with Crippen LogP contribution in [0.3, 0.4) is 0 Å². The minimum Gasteiger partial charge on any atom is -0.485 e. The van der Waals surface area contributed by atoms with Crippen LogP contribution in [0, 0.1) is 11.6 Å². The minimum atomic E-state index is -1.59. The van der Waals surface area contributed by atoms with Crippen molar-refractivity contribution >= 4 is 5.97 Å². The van der Waals surface area contributed by atoms with Crippen LogP contribution in [-0.4, -0.2) is 23.3 Å². The molecule has 16 heavy (non-hydrogen) atoms. The van der Waals surface area contributed by atoms with Crippen molar-refractivity contribution in [2.75, 3.05) is 6.61 Å². The largest absolute Gasteiger partial charge is 0.485 e. The molecule has 0 unspecified atom stereocenters. The summed E-state index contributed by atoms with van der Waals surface area (Å²) in [6.07, 6.45) is 0. The molecule has 1 aliphatic heterocycles. The number of aliphatic carboxylic acids is 1. The van der Waals surface area contributed by atoms with Crippen LogP contribution in [0.4, 0.5) is 8.78 Å². The monoisotopic (exact) mass is 230 g/mol. The maximum atomic E-state index is 12.9. The molecule has 6 heteroatoms. The van der Waals surface area contributed by atoms with E-state index in [1.165, 1.54) is 6.92 Å². The molecule has 0 bridgehead atoms. The van der Waals surface area contributed by atoms with Gasteiger partial charge in [-0.25, -0.2) is 13.6 Å². The molecule has 1 heterocycles. The molecule has 0 amide bonds. The highest BCUT2D eigenvalue weighted by molar-refractivity contribution is 5.78. The van der Waals surface area contributed by atoms with Crippen LogP contribution in [0.1, 0.15) is 6.92 Å². The minimum absolute atomic E-state index is 0.00220. The van der Waals surface area contributed by atoms with Crippen molar-refractivity contribution in [2.45, 2.75) is 12.5 Å². The van der Waals surface area contributed by atoms with E-state index < -0.39 is 23.2 Å². The van der Waals surface area contributed by atoms with Crippen molar-refractivity contribution in [3.8, 4) is 11.5 Å². The number of halogens is 2. The molecular formula is C10H8F2O4. The van der Waals surface area contributed by atoms with Crippen LogP contribution in [0.5, 0.6) is 11.5 Å². The summed E-state index contributed by atoms with van der Waals surface area (Å²) in [5.41, 5.74) is -1.59. The summed E-state index contributed by atoms with van der Waals surface area (Å²) in [6, 6.07) is 1.59. The Morgan fingerprint density at radius 2 is 1.94 bits per heavy atom. The quantitative estimate of drug-likeness (QED) is 0.795. The first-order chi connectivity index (χ1) is 7.42. The second kappa shape index (κ2) is 3.33. The molecule has 2 rings (SSSR count). The normalized spacial score (nSPS) is 22.9. The molecule has 0 saturated heterocycles. The lowest BCUT2D eigenvalue weighted by atomic mass is 10.1. The van der Waals surface area contributed by atoms with E-state index in [0.717, 1.165) is 12.1 Å². The first-order valence-corrected chi connectivity index (χ1v) is 4.46. The lowest BCUT2D eigenvalue weighted by Crippen LogP contribution is -2.49. The summed E-state index contributed by atoms with van der Waals surface area (Å²) < 4.78 is 35.8. The Kier molecular flexibility index (Phi) is 2.22. The molecule has 0 radical (unpaired) electrons. The number of hydrogen-bond acceptors (Lipinski definition) is 3. The van der Waals surface area contributed by atoms with Gasteiger partial charge in [-0.05, 0) is 6.92 Å². The van der Waals surface area contributed by atoms with Crippen molar-refractivity contribution in [3.63, 3.8) is 0 Å². The van der Waals surface area contributed by atoms with Gasteiger partial charge in [0.2, 0.25) is 5.60 Å². The van der Waals surface area contributed by atoms with Gasteiger partial charge in [-0.2, -0.15) is 0 Å². The topological polar surface area (TPSA) is 55.8 Å². The standard InChI is InChI=1S/C10H8F2O4/c1-10(9(13)14)4-15-7-2-5(11)6(12)3-8(7)16-10/h2-3H,4H2,1H3,(H,13,14)/t10-/m1/s1. The van der Waals surface area contributed by atoms with Gasteiger partial charge in [-0.3, -0.25) is 0 Å². The number of fused-ring (bicyclic) bond motifs is 1. The van der Waals surface area contributed by atoms with E-state index in [1.807, 2.05) is 0 Å². The van der Waals surface area contributed by atoms with Gasteiger partial charge < -0.3 is 14.6 Å². The third-order valence-electron chi connectivity index (χ3n) is 2.28. The summed E-state index contributed by atoms with van der Waals surface area (Å²) in [7, 11) is 0. The number of carbonyl (C=O) groups is 1. The molecule has 4 nitrogen and oxygen atoms in total. The zero-order valence-corrected chi connectivity index (χ0v) is 8.29. The molecular weight excluding hydrogens is 222 g/mol. The number of carboxylic acids is 1. The molecule has 1 N–H and O–H groups in total. The van der Waals surface area contributed by atoms with E-state index in [1.54, 1.807) is 0 Å². The summed E-state index contributed by atoms with van der Waals surface area (Å²) in [4.78, 5) is 10.9. The van der Waals surface area contributed by atoms with Gasteiger partial charge in [0.05, 0.1) is 0 Å². The third kappa shape index (κ3) is 1.56. The van der Waals surface area contributed by atoms with Crippen molar-refractivity contribution < 1.29 is 28.2 Å². The van der Waals surface area contributed by atoms with Crippen molar-refractivity contribution in [1.29, 1.82) is 0 Å². The van der Waals surface area contributed by atoms with Crippen LogP contribution in [0.15, 0.2) is 12.1 Å². The van der Waals surface area contributed by atoms with E-state index in [0.29, 0.717) is 0 Å². The average molecular weight is 230 g/mol. The van der Waals surface area contributed by atoms with Gasteiger partial charge in [0, 0.05) is 12.1 Å². The molecule has 1 aromatic rings. The molecule has 86 valence electrons. The Morgan fingerprint density at radius 3 is 2.50 bits per heavy atom. The van der Waals surface area contributed by atoms with Gasteiger partial charge in [-0.1, -0.05) is 0 Å². The van der Waals surface area contributed by atoms with Crippen molar-refractivity contribution in [3.05, 3.63) is 23.8 Å². The van der Waals surface area contributed by atoms with Crippen LogP contribution in [0.2, 0.25) is 0 Å². The Morgan fingerprint density at radius 1 is 1.38 bits per heavy atom. The highest BCUT2D eigenvalue weighted by Gasteiger charge is 2.41. The molecule has 1 aromatic carbocycles. The van der Waals surface area contributed by atoms with Crippen LogP contribution in [-0.2, 0) is 4.79 Å². The van der Waals surface area contributed by atoms with E-state index in [-0.39, 0.29) is 18.1 Å². The van der Waals surface area contributed by atoms with Gasteiger partial charge in [-0.15, -0.1) is 0 Å². The SMILES string of the molecule is C[C@]1(C(=O)O)COc2cc(F)c(F)cc2O1. The van der Waals surface area contributed by atoms with Crippen molar-refractivity contribution in [1.82, 2.24) is 0 Å². The summed E-state index contributed by atoms with van der Waals surface area (Å²) in [6.45, 7) is 1.03. The van der Waals surface area contributed by atoms with Gasteiger partial charge >= 0.3 is 5.97 Å². The van der Waals surface area contributed by atoms with Gasteiger partial charge in [0.15, 0.2) is 23.1 Å². The van der Waals surface area contributed by atoms with Crippen molar-refractivity contribution in [2.24, 2.45) is 0 Å². The zero-order valence-electron chi connectivity index (χ0n) is 8.29. The maximum Gasteiger partial charge on any atom is 0.351 e. The molecule has 0 aliphatic carbocycles. The predicted molar refractivity (Wildman–Crippen MR) is 48.5 cm³/mol. The number of rotatable bonds is 1. The Bertz CT molecular complexity index is 460. The lowest BCUT2D eigenvalue weighted by molar-refractivity contribution is -0.158. The van der Waals surface area contributed by atoms with Gasteiger partial charge in [0.1, 0.15) is 6.61 Å². The third-order valence-corrected chi connectivity index (χ3v) is 2.28. The van der Waals surface area contributed by atoms with Crippen LogP contribution < -0.4 is 9.47 Å². The van der Waals surface area contributed by atoms with E-state index in [9.17, 15) is 13.6 Å². The highest BCUT2D eigenvalue weighted by atomic mass is 19.2. The number of carboxylic acid groups (broad SMARTS) is 1. The van der Waals surface area contributed by atoms with Crippen LogP contribution in [0.25, 0.3) is 0 Å². The Balaban J connectivity index is 2.41. The summed E-state index contributed by atoms with van der Waals surface area (Å²) >= 11 is 0. The highest BCUT2D eigenvalue weighted by Crippen LogP contribution is 2.36. The first kappa shape index (κ1) is 10.7. The van der Waals surface area contributed by atoms with Crippen LogP contribution >= 0.6 is 0 Å².